The molecule has 2 N–H and O–H groups in total. The first-order valence-electron chi connectivity index (χ1n) is 15.0. The van der Waals surface area contributed by atoms with Crippen LogP contribution in [0.15, 0.2) is 46.6 Å². The van der Waals surface area contributed by atoms with Gasteiger partial charge in [-0.15, -0.1) is 0 Å². The first-order chi connectivity index (χ1) is 20.3. The smallest absolute Gasteiger partial charge is 0.407 e. The van der Waals surface area contributed by atoms with Gasteiger partial charge in [-0.1, -0.05) is 94.5 Å². The molecule has 0 heterocycles. The lowest BCUT2D eigenvalue weighted by Crippen LogP contribution is -2.48. The lowest BCUT2D eigenvalue weighted by Gasteiger charge is -2.42. The number of rotatable bonds is 19. The van der Waals surface area contributed by atoms with E-state index in [0.29, 0.717) is 53.8 Å². The molecule has 10 heteroatoms. The highest BCUT2D eigenvalue weighted by Gasteiger charge is 2.45. The topological polar surface area (TPSA) is 103 Å². The molecule has 0 saturated heterocycles. The molecule has 0 bridgehead atoms. The monoisotopic (exact) mass is 729 g/mol. The van der Waals surface area contributed by atoms with Crippen molar-refractivity contribution in [3.63, 3.8) is 0 Å². The fourth-order valence-electron chi connectivity index (χ4n) is 5.46. The zero-order valence-electron chi connectivity index (χ0n) is 27.2. The first kappa shape index (κ1) is 38.7. The van der Waals surface area contributed by atoms with Crippen molar-refractivity contribution in [2.45, 2.75) is 97.4 Å². The zero-order chi connectivity index (χ0) is 32.6. The number of alkyl carbamates (subject to hydrolysis) is 1. The summed E-state index contributed by atoms with van der Waals surface area (Å²) >= 11 is 2.16. The average molecular weight is 730 g/mol. The van der Waals surface area contributed by atoms with Crippen LogP contribution in [0.2, 0.25) is 16.6 Å². The molecule has 0 radical (unpaired) electrons. The van der Waals surface area contributed by atoms with E-state index in [2.05, 4.69) is 76.0 Å². The molecule has 0 aliphatic heterocycles. The van der Waals surface area contributed by atoms with Crippen molar-refractivity contribution >= 4 is 43.0 Å². The number of phenols is 1. The molecule has 0 aromatic heterocycles. The van der Waals surface area contributed by atoms with Gasteiger partial charge in [0.1, 0.15) is 36.4 Å². The standard InChI is InChI=1S/C33H52INO7Si/c1-10-18-40-33(38)35-17-20-39-29-21-27(14-13-23(2)3)31(30(36)22-29)32(37)42-28(12-11-16-34)15-19-41-43(24(4)5,25(6)7)26(8)9/h10-11,13,16,21-22,24-26,28,36H,1,12,14-15,17-20H2,2-9H3,(H,35,38)/b16-11+/t28-/m0/s1. The van der Waals surface area contributed by atoms with Crippen LogP contribution in [0.1, 0.15) is 84.2 Å². The van der Waals surface area contributed by atoms with E-state index in [1.54, 1.807) is 6.07 Å². The van der Waals surface area contributed by atoms with Gasteiger partial charge in [-0.05, 0) is 52.6 Å². The number of nitrogens with one attached hydrogen (secondary N) is 1. The number of hydrogen-bond acceptors (Lipinski definition) is 7. The molecule has 242 valence electrons. The van der Waals surface area contributed by atoms with E-state index in [1.165, 1.54) is 12.1 Å². The molecule has 43 heavy (non-hydrogen) atoms. The van der Waals surface area contributed by atoms with Crippen LogP contribution in [0.4, 0.5) is 4.79 Å². The summed E-state index contributed by atoms with van der Waals surface area (Å²) in [7, 11) is -2.06. The van der Waals surface area contributed by atoms with Gasteiger partial charge in [0.15, 0.2) is 8.32 Å². The summed E-state index contributed by atoms with van der Waals surface area (Å²) in [5, 5.41) is 13.5. The minimum absolute atomic E-state index is 0.116. The number of phenolic OH excluding ortho intramolecular Hbond substituents is 1. The van der Waals surface area contributed by atoms with E-state index in [0.717, 1.165) is 5.57 Å². The second kappa shape index (κ2) is 19.9. The molecule has 1 amide bonds. The second-order valence-corrected chi connectivity index (χ2v) is 17.9. The number of hydrogen-bond donors (Lipinski definition) is 2. The van der Waals surface area contributed by atoms with Crippen molar-refractivity contribution in [1.82, 2.24) is 5.32 Å². The second-order valence-electron chi connectivity index (χ2n) is 11.7. The van der Waals surface area contributed by atoms with Gasteiger partial charge in [0.2, 0.25) is 0 Å². The normalized spacial score (nSPS) is 12.5. The molecule has 1 rings (SSSR count). The number of benzene rings is 1. The molecule has 1 aromatic carbocycles. The van der Waals surface area contributed by atoms with Crippen LogP contribution in [-0.2, 0) is 20.3 Å². The van der Waals surface area contributed by atoms with Crippen LogP contribution in [0.5, 0.6) is 11.5 Å². The van der Waals surface area contributed by atoms with Gasteiger partial charge in [0.05, 0.1) is 6.54 Å². The summed E-state index contributed by atoms with van der Waals surface area (Å²) in [4.78, 5) is 25.2. The Morgan fingerprint density at radius 3 is 2.28 bits per heavy atom. The van der Waals surface area contributed by atoms with E-state index in [-0.39, 0.29) is 31.1 Å². The Balaban J connectivity index is 3.12. The largest absolute Gasteiger partial charge is 0.507 e. The van der Waals surface area contributed by atoms with Crippen LogP contribution in [-0.4, -0.2) is 58.0 Å². The molecular weight excluding hydrogens is 677 g/mol. The predicted molar refractivity (Wildman–Crippen MR) is 185 cm³/mol. The molecule has 8 nitrogen and oxygen atoms in total. The number of ether oxygens (including phenoxy) is 3. The zero-order valence-corrected chi connectivity index (χ0v) is 30.4. The third-order valence-corrected chi connectivity index (χ3v) is 14.0. The van der Waals surface area contributed by atoms with Crippen LogP contribution in [0.3, 0.4) is 0 Å². The lowest BCUT2D eigenvalue weighted by atomic mass is 10.0. The van der Waals surface area contributed by atoms with Crippen LogP contribution >= 0.6 is 22.6 Å². The Kier molecular flexibility index (Phi) is 17.9. The summed E-state index contributed by atoms with van der Waals surface area (Å²) in [5.41, 5.74) is 3.16. The highest BCUT2D eigenvalue weighted by Crippen LogP contribution is 2.42. The van der Waals surface area contributed by atoms with Gasteiger partial charge in [-0.2, -0.15) is 0 Å². The van der Waals surface area contributed by atoms with Crippen molar-refractivity contribution in [2.24, 2.45) is 0 Å². The minimum Gasteiger partial charge on any atom is -0.507 e. The number of esters is 1. The SMILES string of the molecule is C=CCOC(=O)NCCOc1cc(O)c(C(=O)O[C@@H](C/C=C/I)CCO[Si](C(C)C)(C(C)C)C(C)C)c(CC=C(C)C)c1. The van der Waals surface area contributed by atoms with Crippen LogP contribution in [0.25, 0.3) is 0 Å². The molecule has 0 saturated carbocycles. The van der Waals surface area contributed by atoms with Gasteiger partial charge in [0, 0.05) is 25.5 Å². The van der Waals surface area contributed by atoms with Gasteiger partial charge in [-0.25, -0.2) is 9.59 Å². The van der Waals surface area contributed by atoms with E-state index in [1.807, 2.05) is 30.1 Å². The molecule has 1 aromatic rings. The van der Waals surface area contributed by atoms with E-state index in [4.69, 9.17) is 18.6 Å². The Labute approximate surface area is 273 Å². The van der Waals surface area contributed by atoms with Crippen LogP contribution in [0, 0.1) is 0 Å². The molecule has 0 aliphatic carbocycles. The highest BCUT2D eigenvalue weighted by atomic mass is 127. The maximum absolute atomic E-state index is 13.6. The molecular formula is C33H52INO7Si. The third kappa shape index (κ3) is 12.7. The third-order valence-electron chi connectivity index (χ3n) is 7.34. The van der Waals surface area contributed by atoms with Crippen LogP contribution < -0.4 is 10.1 Å². The number of halogens is 1. The fraction of sp³-hybridized carbons (Fsp3) is 0.576. The summed E-state index contributed by atoms with van der Waals surface area (Å²) in [6.07, 6.45) is 5.96. The number of carbonyl (C=O) groups excluding carboxylic acids is 2. The number of aromatic hydroxyl groups is 1. The minimum atomic E-state index is -2.06. The number of carbonyl (C=O) groups is 2. The number of amides is 1. The van der Waals surface area contributed by atoms with Crippen molar-refractivity contribution in [2.75, 3.05) is 26.4 Å². The summed E-state index contributed by atoms with van der Waals surface area (Å²) in [5.74, 6) is -0.425. The van der Waals surface area contributed by atoms with Crippen molar-refractivity contribution < 1.29 is 33.3 Å². The van der Waals surface area contributed by atoms with Crippen molar-refractivity contribution in [3.8, 4) is 11.5 Å². The quantitative estimate of drug-likeness (QED) is 0.0483. The fourth-order valence-corrected chi connectivity index (χ4v) is 11.2. The van der Waals surface area contributed by atoms with Crippen molar-refractivity contribution in [3.05, 3.63) is 57.7 Å². The summed E-state index contributed by atoms with van der Waals surface area (Å²) in [6, 6.07) is 3.12. The van der Waals surface area contributed by atoms with E-state index in [9.17, 15) is 14.7 Å². The average Bonchev–Trinajstić information content (AvgIpc) is 2.92. The highest BCUT2D eigenvalue weighted by molar-refractivity contribution is 14.1. The Morgan fingerprint density at radius 2 is 1.72 bits per heavy atom. The maximum Gasteiger partial charge on any atom is 0.407 e. The summed E-state index contributed by atoms with van der Waals surface area (Å²) < 4.78 is 25.3. The molecule has 0 aliphatic rings. The summed E-state index contributed by atoms with van der Waals surface area (Å²) in [6.45, 7) is 21.9. The van der Waals surface area contributed by atoms with Gasteiger partial charge in [-0.3, -0.25) is 0 Å². The molecule has 1 atom stereocenters. The Morgan fingerprint density at radius 1 is 1.07 bits per heavy atom. The maximum atomic E-state index is 13.6. The Bertz CT molecular complexity index is 1080. The molecule has 0 unspecified atom stereocenters. The van der Waals surface area contributed by atoms with Crippen molar-refractivity contribution in [1.29, 1.82) is 0 Å². The predicted octanol–water partition coefficient (Wildman–Crippen LogP) is 8.64. The first-order valence-corrected chi connectivity index (χ1v) is 18.4. The number of allylic oxidation sites excluding steroid dienone is 2. The van der Waals surface area contributed by atoms with Gasteiger partial charge >= 0.3 is 12.1 Å². The van der Waals surface area contributed by atoms with Gasteiger partial charge < -0.3 is 29.1 Å². The van der Waals surface area contributed by atoms with E-state index >= 15 is 0 Å². The molecule has 0 fully saturated rings. The molecule has 0 spiro atoms. The Hall–Kier alpha value is -2.31. The van der Waals surface area contributed by atoms with E-state index < -0.39 is 26.5 Å². The van der Waals surface area contributed by atoms with Gasteiger partial charge in [0.25, 0.3) is 0 Å². The lowest BCUT2D eigenvalue weighted by molar-refractivity contribution is 0.0249.